The van der Waals surface area contributed by atoms with Gasteiger partial charge in [-0.05, 0) is 0 Å². The fourth-order valence-electron chi connectivity index (χ4n) is 5.03. The molecule has 0 bridgehead atoms. The van der Waals surface area contributed by atoms with E-state index in [1.807, 2.05) is 12.1 Å². The van der Waals surface area contributed by atoms with Gasteiger partial charge in [-0.2, -0.15) is 0 Å². The summed E-state index contributed by atoms with van der Waals surface area (Å²) in [6.07, 6.45) is 6.56. The van der Waals surface area contributed by atoms with E-state index in [2.05, 4.69) is 26.8 Å². The van der Waals surface area contributed by atoms with Gasteiger partial charge in [0.25, 0.3) is 0 Å². The summed E-state index contributed by atoms with van der Waals surface area (Å²) in [6.45, 7) is 6.74. The number of para-hydroxylation sites is 1. The standard InChI is InChI=1S/C21H29NO3Se/c1-14-7-6-11-21(3)12-10-16(20(23)19(14)21)15(2)13-26-18-9-5-4-8-17(18)22(24)25/h4-5,7-9,15-16,19-20,23H,6,10-13H2,1-3H3/t15-,16+,19-,20+,21-/m1/s1. The Morgan fingerprint density at radius 3 is 2.85 bits per heavy atom. The van der Waals surface area contributed by atoms with Crippen molar-refractivity contribution >= 4 is 25.1 Å². The number of hydrogen-bond acceptors (Lipinski definition) is 3. The van der Waals surface area contributed by atoms with E-state index >= 15 is 0 Å². The van der Waals surface area contributed by atoms with E-state index in [4.69, 9.17) is 0 Å². The Labute approximate surface area is 162 Å². The van der Waals surface area contributed by atoms with E-state index in [9.17, 15) is 15.2 Å². The summed E-state index contributed by atoms with van der Waals surface area (Å²) >= 11 is 0.0565. The van der Waals surface area contributed by atoms with E-state index in [0.717, 1.165) is 22.6 Å². The van der Waals surface area contributed by atoms with Crippen LogP contribution in [0.25, 0.3) is 0 Å². The predicted octanol–water partition coefficient (Wildman–Crippen LogP) is 4.11. The molecule has 142 valence electrons. The Kier molecular flexibility index (Phi) is 5.91. The molecule has 1 N–H and O–H groups in total. The number of allylic oxidation sites excluding steroid dienone is 1. The summed E-state index contributed by atoms with van der Waals surface area (Å²) in [6, 6.07) is 7.09. The van der Waals surface area contributed by atoms with Crippen LogP contribution in [0.15, 0.2) is 35.9 Å². The van der Waals surface area contributed by atoms with Gasteiger partial charge in [-0.25, -0.2) is 0 Å². The molecule has 26 heavy (non-hydrogen) atoms. The molecular weight excluding hydrogens is 393 g/mol. The number of nitrogens with zero attached hydrogens (tertiary/aromatic N) is 1. The molecule has 1 aromatic rings. The van der Waals surface area contributed by atoms with Crippen molar-refractivity contribution in [2.24, 2.45) is 23.2 Å². The van der Waals surface area contributed by atoms with Gasteiger partial charge in [0.2, 0.25) is 0 Å². The van der Waals surface area contributed by atoms with Gasteiger partial charge in [-0.3, -0.25) is 0 Å². The van der Waals surface area contributed by atoms with Gasteiger partial charge in [-0.15, -0.1) is 0 Å². The van der Waals surface area contributed by atoms with Crippen LogP contribution in [0.3, 0.4) is 0 Å². The monoisotopic (exact) mass is 423 g/mol. The number of rotatable bonds is 5. The quantitative estimate of drug-likeness (QED) is 0.336. The topological polar surface area (TPSA) is 63.4 Å². The minimum absolute atomic E-state index is 0.0565. The molecule has 3 rings (SSSR count). The van der Waals surface area contributed by atoms with E-state index in [1.165, 1.54) is 18.4 Å². The molecule has 0 amide bonds. The summed E-state index contributed by atoms with van der Waals surface area (Å²) in [4.78, 5) is 10.9. The van der Waals surface area contributed by atoms with Gasteiger partial charge in [0, 0.05) is 0 Å². The Balaban J connectivity index is 1.69. The van der Waals surface area contributed by atoms with Crippen LogP contribution < -0.4 is 4.46 Å². The normalized spacial score (nSPS) is 32.5. The average Bonchev–Trinajstić information content (AvgIpc) is 2.59. The van der Waals surface area contributed by atoms with Crippen molar-refractivity contribution in [3.05, 3.63) is 46.0 Å². The van der Waals surface area contributed by atoms with Gasteiger partial charge in [0.1, 0.15) is 0 Å². The second-order valence-corrected chi connectivity index (χ2v) is 10.6. The van der Waals surface area contributed by atoms with E-state index in [-0.39, 0.29) is 43.0 Å². The van der Waals surface area contributed by atoms with Crippen LogP contribution in [0.5, 0.6) is 0 Å². The Morgan fingerprint density at radius 2 is 2.12 bits per heavy atom. The van der Waals surface area contributed by atoms with Crippen LogP contribution in [0, 0.1) is 33.3 Å². The SMILES string of the molecule is CC1=CCC[C@]2(C)CC[C@@H]([C@H](C)C[Se]c3ccccc3[N+](=O)[O-])[C@H](O)[C@@H]12. The van der Waals surface area contributed by atoms with E-state index in [1.54, 1.807) is 12.1 Å². The maximum absolute atomic E-state index is 11.2. The zero-order valence-corrected chi connectivity index (χ0v) is 17.6. The molecular formula is C21H29NO3Se. The fraction of sp³-hybridized carbons (Fsp3) is 0.619. The van der Waals surface area contributed by atoms with Crippen molar-refractivity contribution < 1.29 is 10.0 Å². The number of aliphatic hydroxyl groups excluding tert-OH is 1. The molecule has 0 aromatic heterocycles. The number of benzene rings is 1. The van der Waals surface area contributed by atoms with Crippen LogP contribution in [0.2, 0.25) is 5.32 Å². The van der Waals surface area contributed by atoms with Gasteiger partial charge >= 0.3 is 162 Å². The van der Waals surface area contributed by atoms with Crippen molar-refractivity contribution in [1.29, 1.82) is 0 Å². The maximum atomic E-state index is 11.2. The molecule has 2 aliphatic rings. The first-order valence-electron chi connectivity index (χ1n) is 9.54. The first kappa shape index (κ1) is 19.6. The predicted molar refractivity (Wildman–Crippen MR) is 106 cm³/mol. The molecule has 5 atom stereocenters. The number of hydrogen-bond donors (Lipinski definition) is 1. The summed E-state index contributed by atoms with van der Waals surface area (Å²) < 4.78 is 0.862. The Morgan fingerprint density at radius 1 is 1.38 bits per heavy atom. The minimum atomic E-state index is -0.290. The first-order chi connectivity index (χ1) is 12.3. The van der Waals surface area contributed by atoms with Gasteiger partial charge < -0.3 is 0 Å². The van der Waals surface area contributed by atoms with E-state index < -0.39 is 0 Å². The third-order valence-electron chi connectivity index (χ3n) is 6.55. The third-order valence-corrected chi connectivity index (χ3v) is 9.38. The molecule has 1 aromatic carbocycles. The number of nitro groups is 1. The van der Waals surface area contributed by atoms with Gasteiger partial charge in [0.15, 0.2) is 0 Å². The zero-order chi connectivity index (χ0) is 18.9. The molecule has 0 spiro atoms. The number of nitro benzene ring substituents is 1. The molecule has 2 aliphatic carbocycles. The van der Waals surface area contributed by atoms with Crippen LogP contribution in [0.1, 0.15) is 46.5 Å². The molecule has 1 saturated carbocycles. The molecule has 0 heterocycles. The second-order valence-electron chi connectivity index (χ2n) is 8.32. The summed E-state index contributed by atoms with van der Waals surface area (Å²) in [5.41, 5.74) is 1.83. The molecule has 1 fully saturated rings. The molecule has 0 unspecified atom stereocenters. The van der Waals surface area contributed by atoms with Gasteiger partial charge in [0.05, 0.1) is 0 Å². The Hall–Kier alpha value is -1.16. The van der Waals surface area contributed by atoms with Crippen LogP contribution in [-0.4, -0.2) is 31.1 Å². The molecule has 5 heteroatoms. The molecule has 0 radical (unpaired) electrons. The van der Waals surface area contributed by atoms with Crippen molar-refractivity contribution in [2.45, 2.75) is 57.9 Å². The fourth-order valence-corrected chi connectivity index (χ4v) is 7.46. The third kappa shape index (κ3) is 3.76. The van der Waals surface area contributed by atoms with Crippen LogP contribution in [0.4, 0.5) is 5.69 Å². The molecule has 0 aliphatic heterocycles. The first-order valence-corrected chi connectivity index (χ1v) is 11.6. The molecule has 0 saturated heterocycles. The summed E-state index contributed by atoms with van der Waals surface area (Å²) in [7, 11) is 0. The van der Waals surface area contributed by atoms with Crippen molar-refractivity contribution in [3.8, 4) is 0 Å². The van der Waals surface area contributed by atoms with Crippen molar-refractivity contribution in [3.63, 3.8) is 0 Å². The molecule has 4 nitrogen and oxygen atoms in total. The van der Waals surface area contributed by atoms with Crippen LogP contribution >= 0.6 is 0 Å². The second kappa shape index (κ2) is 7.84. The number of fused-ring (bicyclic) bond motifs is 1. The summed E-state index contributed by atoms with van der Waals surface area (Å²) in [5.74, 6) is 0.944. The van der Waals surface area contributed by atoms with E-state index in [0.29, 0.717) is 11.8 Å². The Bertz CT molecular complexity index is 704. The summed E-state index contributed by atoms with van der Waals surface area (Å²) in [5, 5.41) is 23.3. The average molecular weight is 422 g/mol. The van der Waals surface area contributed by atoms with Crippen LogP contribution in [-0.2, 0) is 0 Å². The zero-order valence-electron chi connectivity index (χ0n) is 15.9. The van der Waals surface area contributed by atoms with Crippen molar-refractivity contribution in [1.82, 2.24) is 0 Å². The van der Waals surface area contributed by atoms with Gasteiger partial charge in [-0.1, -0.05) is 0 Å². The number of aliphatic hydroxyl groups is 1. The van der Waals surface area contributed by atoms with Crippen molar-refractivity contribution in [2.75, 3.05) is 0 Å².